The maximum atomic E-state index is 5.78. The number of nitrogens with one attached hydrogen (secondary N) is 2. The molecule has 0 unspecified atom stereocenters. The fourth-order valence-electron chi connectivity index (χ4n) is 3.14. The van der Waals surface area contributed by atoms with Crippen LogP contribution in [0.5, 0.6) is 0 Å². The number of benzene rings is 2. The molecular formula is C20H21N5O. The largest absolute Gasteiger partial charge is 0.453 e. The van der Waals surface area contributed by atoms with Crippen molar-refractivity contribution in [2.45, 2.75) is 33.2 Å². The van der Waals surface area contributed by atoms with Gasteiger partial charge in [-0.1, -0.05) is 25.5 Å². The number of furan rings is 1. The number of aromatic amines is 1. The van der Waals surface area contributed by atoms with Crippen LogP contribution in [-0.4, -0.2) is 20.6 Å². The monoisotopic (exact) mass is 347 g/mol. The van der Waals surface area contributed by atoms with Gasteiger partial charge in [-0.15, -0.1) is 10.2 Å². The molecule has 6 nitrogen and oxygen atoms in total. The fraction of sp³-hybridized carbons (Fsp3) is 0.250. The van der Waals surface area contributed by atoms with Gasteiger partial charge in [0.05, 0.1) is 0 Å². The lowest BCUT2D eigenvalue weighted by atomic mass is 10.0. The third-order valence-corrected chi connectivity index (χ3v) is 4.51. The van der Waals surface area contributed by atoms with Crippen LogP contribution in [0.3, 0.4) is 0 Å². The average molecular weight is 347 g/mol. The van der Waals surface area contributed by atoms with Crippen LogP contribution in [0.15, 0.2) is 46.9 Å². The molecule has 0 aliphatic carbocycles. The van der Waals surface area contributed by atoms with Crippen molar-refractivity contribution in [3.8, 4) is 11.6 Å². The smallest absolute Gasteiger partial charge is 0.239 e. The second-order valence-electron chi connectivity index (χ2n) is 6.46. The summed E-state index contributed by atoms with van der Waals surface area (Å²) < 4.78 is 5.78. The molecule has 6 heteroatoms. The van der Waals surface area contributed by atoms with Crippen molar-refractivity contribution in [1.29, 1.82) is 0 Å². The van der Waals surface area contributed by atoms with E-state index in [0.29, 0.717) is 11.6 Å². The number of hydrogen-bond acceptors (Lipinski definition) is 5. The minimum Gasteiger partial charge on any atom is -0.453 e. The summed E-state index contributed by atoms with van der Waals surface area (Å²) in [4.78, 5) is 0. The molecule has 0 amide bonds. The molecule has 0 spiro atoms. The summed E-state index contributed by atoms with van der Waals surface area (Å²) in [6.45, 7) is 5.14. The molecule has 0 aliphatic heterocycles. The summed E-state index contributed by atoms with van der Waals surface area (Å²) >= 11 is 0. The normalized spacial score (nSPS) is 11.2. The molecule has 0 bridgehead atoms. The van der Waals surface area contributed by atoms with Crippen molar-refractivity contribution < 1.29 is 4.42 Å². The third-order valence-electron chi connectivity index (χ3n) is 4.51. The third kappa shape index (κ3) is 3.31. The summed E-state index contributed by atoms with van der Waals surface area (Å²) in [5.74, 6) is 1.07. The minimum atomic E-state index is 0.462. The zero-order chi connectivity index (χ0) is 17.9. The Bertz CT molecular complexity index is 1020. The molecule has 26 heavy (non-hydrogen) atoms. The van der Waals surface area contributed by atoms with Gasteiger partial charge in [0, 0.05) is 17.6 Å². The van der Waals surface area contributed by atoms with Gasteiger partial charge in [-0.2, -0.15) is 5.21 Å². The fourth-order valence-corrected chi connectivity index (χ4v) is 3.14. The highest BCUT2D eigenvalue weighted by Crippen LogP contribution is 2.26. The van der Waals surface area contributed by atoms with Crippen LogP contribution in [0.2, 0.25) is 0 Å². The van der Waals surface area contributed by atoms with Crippen molar-refractivity contribution in [1.82, 2.24) is 20.6 Å². The van der Waals surface area contributed by atoms with Crippen LogP contribution in [0.25, 0.3) is 22.6 Å². The number of tetrazole rings is 1. The van der Waals surface area contributed by atoms with Crippen LogP contribution < -0.4 is 5.32 Å². The Morgan fingerprint density at radius 1 is 1.12 bits per heavy atom. The molecule has 0 radical (unpaired) electrons. The number of fused-ring (bicyclic) bond motifs is 1. The second kappa shape index (κ2) is 7.00. The van der Waals surface area contributed by atoms with E-state index in [-0.39, 0.29) is 0 Å². The Balaban J connectivity index is 1.50. The number of rotatable bonds is 6. The number of anilines is 1. The number of hydrogen-bond donors (Lipinski definition) is 2. The van der Waals surface area contributed by atoms with Gasteiger partial charge >= 0.3 is 0 Å². The highest BCUT2D eigenvalue weighted by Gasteiger charge is 2.10. The second-order valence-corrected chi connectivity index (χ2v) is 6.46. The van der Waals surface area contributed by atoms with Gasteiger partial charge in [0.1, 0.15) is 5.58 Å². The van der Waals surface area contributed by atoms with Crippen molar-refractivity contribution >= 4 is 16.7 Å². The quantitative estimate of drug-likeness (QED) is 0.537. The van der Waals surface area contributed by atoms with Gasteiger partial charge in [-0.3, -0.25) is 0 Å². The Labute approximate surface area is 151 Å². The molecule has 2 N–H and O–H groups in total. The molecule has 4 aromatic rings. The van der Waals surface area contributed by atoms with Crippen molar-refractivity contribution in [3.63, 3.8) is 0 Å². The highest BCUT2D eigenvalue weighted by molar-refractivity contribution is 5.82. The van der Waals surface area contributed by atoms with E-state index in [1.807, 2.05) is 12.1 Å². The summed E-state index contributed by atoms with van der Waals surface area (Å²) in [5.41, 5.74) is 5.91. The molecule has 0 saturated carbocycles. The van der Waals surface area contributed by atoms with E-state index in [9.17, 15) is 0 Å². The lowest BCUT2D eigenvalue weighted by molar-refractivity contribution is 0.625. The first-order chi connectivity index (χ1) is 12.7. The van der Waals surface area contributed by atoms with Gasteiger partial charge in [-0.25, -0.2) is 0 Å². The first-order valence-corrected chi connectivity index (χ1v) is 8.82. The van der Waals surface area contributed by atoms with Crippen molar-refractivity contribution in [2.75, 3.05) is 5.32 Å². The zero-order valence-electron chi connectivity index (χ0n) is 14.9. The van der Waals surface area contributed by atoms with Crippen LogP contribution in [-0.2, 0) is 13.0 Å². The molecule has 4 rings (SSSR count). The Hall–Kier alpha value is -3.15. The number of aryl methyl sites for hydroxylation is 2. The Kier molecular flexibility index (Phi) is 4.39. The maximum Gasteiger partial charge on any atom is 0.239 e. The molecule has 2 heterocycles. The van der Waals surface area contributed by atoms with Gasteiger partial charge in [0.25, 0.3) is 0 Å². The molecule has 2 aromatic heterocycles. The molecule has 0 atom stereocenters. The van der Waals surface area contributed by atoms with Gasteiger partial charge in [0.15, 0.2) is 5.76 Å². The first-order valence-electron chi connectivity index (χ1n) is 8.82. The highest BCUT2D eigenvalue weighted by atomic mass is 16.3. The lowest BCUT2D eigenvalue weighted by Crippen LogP contribution is -2.00. The number of aromatic nitrogens is 4. The van der Waals surface area contributed by atoms with E-state index in [0.717, 1.165) is 29.6 Å². The molecule has 0 aliphatic rings. The summed E-state index contributed by atoms with van der Waals surface area (Å²) in [7, 11) is 0. The Morgan fingerprint density at radius 2 is 2.04 bits per heavy atom. The van der Waals surface area contributed by atoms with Crippen molar-refractivity contribution in [2.24, 2.45) is 0 Å². The summed E-state index contributed by atoms with van der Waals surface area (Å²) in [6, 6.07) is 14.7. The maximum absolute atomic E-state index is 5.78. The first kappa shape index (κ1) is 16.3. The minimum absolute atomic E-state index is 0.462. The van der Waals surface area contributed by atoms with Crippen LogP contribution in [0.4, 0.5) is 5.69 Å². The standard InChI is InChI=1S/C20H21N5O/c1-3-4-15-6-7-17(9-13(15)2)21-12-14-5-8-18-16(10-14)11-19(26-18)20-22-24-25-23-20/h5-11,21H,3-4,12H2,1-2H3,(H,22,23,24,25). The van der Waals surface area contributed by atoms with Crippen LogP contribution in [0.1, 0.15) is 30.0 Å². The number of nitrogens with zero attached hydrogens (tertiary/aromatic N) is 3. The van der Waals surface area contributed by atoms with Gasteiger partial charge in [0.2, 0.25) is 5.82 Å². The predicted octanol–water partition coefficient (Wildman–Crippen LogP) is 4.49. The summed E-state index contributed by atoms with van der Waals surface area (Å²) in [6.07, 6.45) is 2.30. The van der Waals surface area contributed by atoms with E-state index >= 15 is 0 Å². The summed E-state index contributed by atoms with van der Waals surface area (Å²) in [5, 5.41) is 18.4. The van der Waals surface area contributed by atoms with Gasteiger partial charge in [-0.05, 0) is 65.6 Å². The van der Waals surface area contributed by atoms with E-state index < -0.39 is 0 Å². The lowest BCUT2D eigenvalue weighted by Gasteiger charge is -2.10. The predicted molar refractivity (Wildman–Crippen MR) is 102 cm³/mol. The molecule has 0 saturated heterocycles. The SMILES string of the molecule is CCCc1ccc(NCc2ccc3oc(-c4nn[nH]n4)cc3c2)cc1C. The Morgan fingerprint density at radius 3 is 2.81 bits per heavy atom. The molecule has 0 fully saturated rings. The zero-order valence-corrected chi connectivity index (χ0v) is 14.9. The number of H-pyrrole nitrogens is 1. The van der Waals surface area contributed by atoms with Crippen LogP contribution in [0, 0.1) is 6.92 Å². The van der Waals surface area contributed by atoms with Crippen molar-refractivity contribution in [3.05, 3.63) is 59.2 Å². The topological polar surface area (TPSA) is 79.6 Å². The van der Waals surface area contributed by atoms with E-state index in [2.05, 4.69) is 70.1 Å². The van der Waals surface area contributed by atoms with E-state index in [1.165, 1.54) is 23.1 Å². The van der Waals surface area contributed by atoms with Gasteiger partial charge < -0.3 is 9.73 Å². The molecule has 132 valence electrons. The van der Waals surface area contributed by atoms with E-state index in [4.69, 9.17) is 4.42 Å². The average Bonchev–Trinajstić information content (AvgIpc) is 3.31. The molecular weight excluding hydrogens is 326 g/mol. The van der Waals surface area contributed by atoms with E-state index in [1.54, 1.807) is 0 Å². The van der Waals surface area contributed by atoms with Crippen LogP contribution >= 0.6 is 0 Å². The molecule has 2 aromatic carbocycles.